The van der Waals surface area contributed by atoms with Crippen LogP contribution in [0.2, 0.25) is 0 Å². The molecule has 0 spiro atoms. The van der Waals surface area contributed by atoms with Crippen molar-refractivity contribution < 1.29 is 22.7 Å². The van der Waals surface area contributed by atoms with Gasteiger partial charge in [-0.25, -0.2) is 13.2 Å². The summed E-state index contributed by atoms with van der Waals surface area (Å²) in [5.41, 5.74) is 2.68. The van der Waals surface area contributed by atoms with Gasteiger partial charge in [-0.1, -0.05) is 37.1 Å². The van der Waals surface area contributed by atoms with Gasteiger partial charge in [0.2, 0.25) is 5.91 Å². The highest BCUT2D eigenvalue weighted by Crippen LogP contribution is 2.41. The summed E-state index contributed by atoms with van der Waals surface area (Å²) in [6.45, 7) is 3.79. The van der Waals surface area contributed by atoms with Crippen molar-refractivity contribution >= 4 is 21.7 Å². The van der Waals surface area contributed by atoms with Gasteiger partial charge in [-0.05, 0) is 61.6 Å². The van der Waals surface area contributed by atoms with E-state index < -0.39 is 26.5 Å². The number of methoxy groups -OCH3 is 1. The maximum atomic E-state index is 13.6. The number of carbonyl (C=O) groups excluding carboxylic acids is 2. The summed E-state index contributed by atoms with van der Waals surface area (Å²) in [5, 5.41) is 2.82. The van der Waals surface area contributed by atoms with E-state index in [1.54, 1.807) is 43.3 Å². The monoisotopic (exact) mass is 429 g/mol. The minimum absolute atomic E-state index is 0.185. The van der Waals surface area contributed by atoms with E-state index in [2.05, 4.69) is 10.1 Å². The molecular weight excluding hydrogens is 402 g/mol. The number of esters is 1. The molecule has 0 aliphatic heterocycles. The smallest absolute Gasteiger partial charge is 0.337 e. The van der Waals surface area contributed by atoms with Crippen LogP contribution in [-0.2, 0) is 25.9 Å². The summed E-state index contributed by atoms with van der Waals surface area (Å²) in [6.07, 6.45) is 2.03. The van der Waals surface area contributed by atoms with Gasteiger partial charge >= 0.3 is 5.97 Å². The molecule has 0 saturated heterocycles. The topological polar surface area (TPSA) is 89.5 Å². The van der Waals surface area contributed by atoms with Gasteiger partial charge in [-0.2, -0.15) is 0 Å². The third-order valence-corrected chi connectivity index (χ3v) is 8.44. The molecular formula is C23H27NO5S. The first kappa shape index (κ1) is 22.0. The normalized spacial score (nSPS) is 15.6. The minimum Gasteiger partial charge on any atom is -0.465 e. The number of benzene rings is 2. The number of sulfone groups is 1. The van der Waals surface area contributed by atoms with Crippen molar-refractivity contribution in [2.75, 3.05) is 7.11 Å². The van der Waals surface area contributed by atoms with E-state index >= 15 is 0 Å². The lowest BCUT2D eigenvalue weighted by atomic mass is 10.1. The first-order chi connectivity index (χ1) is 14.2. The second-order valence-electron chi connectivity index (χ2n) is 7.84. The molecule has 2 aromatic carbocycles. The molecule has 1 aliphatic carbocycles. The van der Waals surface area contributed by atoms with Crippen molar-refractivity contribution in [1.82, 2.24) is 5.32 Å². The molecule has 1 N–H and O–H groups in total. The molecule has 6 nitrogen and oxygen atoms in total. The molecule has 1 saturated carbocycles. The fraction of sp³-hybridized carbons (Fsp3) is 0.391. The molecule has 0 atom stereocenters. The van der Waals surface area contributed by atoms with Gasteiger partial charge in [0.15, 0.2) is 14.6 Å². The standard InChI is InChI=1S/C23H27NO5S/c1-16-6-7-17(2)20(14-16)30(27,28)23(12-4-5-13-23)22(26)24-15-18-8-10-19(11-9-18)21(25)29-3/h6-11,14H,4-5,12-13,15H2,1-3H3,(H,24,26). The Morgan fingerprint density at radius 2 is 1.67 bits per heavy atom. The van der Waals surface area contributed by atoms with Crippen LogP contribution in [0, 0.1) is 13.8 Å². The molecule has 1 amide bonds. The van der Waals surface area contributed by atoms with Crippen molar-refractivity contribution in [1.29, 1.82) is 0 Å². The van der Waals surface area contributed by atoms with Crippen molar-refractivity contribution in [3.63, 3.8) is 0 Å². The van der Waals surface area contributed by atoms with E-state index in [4.69, 9.17) is 0 Å². The van der Waals surface area contributed by atoms with Gasteiger partial charge in [0.25, 0.3) is 0 Å². The van der Waals surface area contributed by atoms with Crippen molar-refractivity contribution in [3.05, 3.63) is 64.7 Å². The number of carbonyl (C=O) groups is 2. The van der Waals surface area contributed by atoms with Crippen LogP contribution in [-0.4, -0.2) is 32.2 Å². The summed E-state index contributed by atoms with van der Waals surface area (Å²) < 4.78 is 30.5. The summed E-state index contributed by atoms with van der Waals surface area (Å²) in [5.74, 6) is -0.895. The highest BCUT2D eigenvalue weighted by atomic mass is 32.2. The van der Waals surface area contributed by atoms with E-state index in [1.807, 2.05) is 13.0 Å². The summed E-state index contributed by atoms with van der Waals surface area (Å²) >= 11 is 0. The van der Waals surface area contributed by atoms with Gasteiger partial charge in [0, 0.05) is 6.54 Å². The number of nitrogens with one attached hydrogen (secondary N) is 1. The predicted molar refractivity (Wildman–Crippen MR) is 114 cm³/mol. The first-order valence-electron chi connectivity index (χ1n) is 9.99. The zero-order valence-electron chi connectivity index (χ0n) is 17.5. The molecule has 1 fully saturated rings. The SMILES string of the molecule is COC(=O)c1ccc(CNC(=O)C2(S(=O)(=O)c3cc(C)ccc3C)CCCC2)cc1. The maximum absolute atomic E-state index is 13.6. The van der Waals surface area contributed by atoms with Gasteiger partial charge in [0.1, 0.15) is 0 Å². The lowest BCUT2D eigenvalue weighted by molar-refractivity contribution is -0.123. The molecule has 0 aromatic heterocycles. The molecule has 30 heavy (non-hydrogen) atoms. The van der Waals surface area contributed by atoms with Gasteiger partial charge in [-0.15, -0.1) is 0 Å². The zero-order chi connectivity index (χ0) is 21.9. The van der Waals surface area contributed by atoms with Crippen LogP contribution in [0.4, 0.5) is 0 Å². The summed E-state index contributed by atoms with van der Waals surface area (Å²) in [6, 6.07) is 12.0. The second-order valence-corrected chi connectivity index (χ2v) is 10.1. The third kappa shape index (κ3) is 3.99. The highest BCUT2D eigenvalue weighted by Gasteiger charge is 2.53. The molecule has 1 aliphatic rings. The van der Waals surface area contributed by atoms with Crippen LogP contribution in [0.15, 0.2) is 47.4 Å². The van der Waals surface area contributed by atoms with Gasteiger partial charge < -0.3 is 10.1 Å². The van der Waals surface area contributed by atoms with E-state index in [0.717, 1.165) is 11.1 Å². The van der Waals surface area contributed by atoms with Crippen LogP contribution in [0.1, 0.15) is 52.7 Å². The zero-order valence-corrected chi connectivity index (χ0v) is 18.3. The Kier molecular flexibility index (Phi) is 6.31. The van der Waals surface area contributed by atoms with Crippen molar-refractivity contribution in [2.45, 2.75) is 55.7 Å². The van der Waals surface area contributed by atoms with Gasteiger partial charge in [-0.3, -0.25) is 4.79 Å². The Balaban J connectivity index is 1.84. The number of aryl methyl sites for hydroxylation is 2. The Hall–Kier alpha value is -2.67. The Bertz CT molecular complexity index is 1050. The number of ether oxygens (including phenoxy) is 1. The first-order valence-corrected chi connectivity index (χ1v) is 11.5. The largest absolute Gasteiger partial charge is 0.465 e. The molecule has 7 heteroatoms. The molecule has 0 heterocycles. The van der Waals surface area contributed by atoms with Crippen LogP contribution in [0.3, 0.4) is 0 Å². The molecule has 0 radical (unpaired) electrons. The third-order valence-electron chi connectivity index (χ3n) is 5.80. The Morgan fingerprint density at radius 1 is 1.03 bits per heavy atom. The number of hydrogen-bond acceptors (Lipinski definition) is 5. The number of amides is 1. The highest BCUT2D eigenvalue weighted by molar-refractivity contribution is 7.93. The average Bonchev–Trinajstić information content (AvgIpc) is 3.25. The summed E-state index contributed by atoms with van der Waals surface area (Å²) in [7, 11) is -2.54. The molecule has 3 rings (SSSR count). The summed E-state index contributed by atoms with van der Waals surface area (Å²) in [4.78, 5) is 25.0. The predicted octanol–water partition coefficient (Wildman–Crippen LogP) is 3.49. The Labute approximate surface area is 177 Å². The molecule has 0 bridgehead atoms. The lowest BCUT2D eigenvalue weighted by Gasteiger charge is -2.28. The fourth-order valence-corrected chi connectivity index (χ4v) is 6.39. The van der Waals surface area contributed by atoms with Crippen molar-refractivity contribution in [2.24, 2.45) is 0 Å². The number of hydrogen-bond donors (Lipinski definition) is 1. The molecule has 160 valence electrons. The van der Waals surface area contributed by atoms with Crippen molar-refractivity contribution in [3.8, 4) is 0 Å². The second kappa shape index (κ2) is 8.60. The van der Waals surface area contributed by atoms with Crippen LogP contribution in [0.25, 0.3) is 0 Å². The van der Waals surface area contributed by atoms with E-state index in [-0.39, 0.29) is 11.4 Å². The molecule has 2 aromatic rings. The quantitative estimate of drug-likeness (QED) is 0.710. The van der Waals surface area contributed by atoms with Crippen LogP contribution < -0.4 is 5.32 Å². The van der Waals surface area contributed by atoms with E-state index in [1.165, 1.54) is 7.11 Å². The van der Waals surface area contributed by atoms with Gasteiger partial charge in [0.05, 0.1) is 17.6 Å². The van der Waals surface area contributed by atoms with Crippen LogP contribution >= 0.6 is 0 Å². The van der Waals surface area contributed by atoms with E-state index in [0.29, 0.717) is 36.8 Å². The average molecular weight is 430 g/mol. The molecule has 0 unspecified atom stereocenters. The van der Waals surface area contributed by atoms with Crippen LogP contribution in [0.5, 0.6) is 0 Å². The lowest BCUT2D eigenvalue weighted by Crippen LogP contribution is -2.50. The Morgan fingerprint density at radius 3 is 2.27 bits per heavy atom. The number of rotatable bonds is 6. The maximum Gasteiger partial charge on any atom is 0.337 e. The fourth-order valence-electron chi connectivity index (χ4n) is 3.99. The minimum atomic E-state index is -3.85. The van der Waals surface area contributed by atoms with E-state index in [9.17, 15) is 18.0 Å².